The number of nitrogens with one attached hydrogen (secondary N) is 1. The van der Waals surface area contributed by atoms with Crippen LogP contribution in [0.15, 0.2) is 0 Å². The van der Waals surface area contributed by atoms with Crippen LogP contribution in [-0.4, -0.2) is 84.4 Å². The maximum Gasteiger partial charge on any atom is 0.225 e. The third kappa shape index (κ3) is 7.95. The Bertz CT molecular complexity index is 642. The van der Waals surface area contributed by atoms with Crippen LogP contribution in [0.4, 0.5) is 0 Å². The summed E-state index contributed by atoms with van der Waals surface area (Å²) in [7, 11) is 0. The van der Waals surface area contributed by atoms with Gasteiger partial charge in [0.2, 0.25) is 11.8 Å². The Morgan fingerprint density at radius 2 is 1.30 bits per heavy atom. The van der Waals surface area contributed by atoms with Gasteiger partial charge < -0.3 is 15.1 Å². The van der Waals surface area contributed by atoms with Crippen molar-refractivity contribution < 1.29 is 9.59 Å². The number of piperidine rings is 3. The van der Waals surface area contributed by atoms with E-state index >= 15 is 0 Å². The molecular weight excluding hydrogens is 412 g/mol. The molecule has 0 atom stereocenters. The molecule has 2 amide bonds. The number of rotatable bonds is 5. The average Bonchev–Trinajstić information content (AvgIpc) is 2.76. The molecule has 6 heteroatoms. The Morgan fingerprint density at radius 3 is 1.82 bits per heavy atom. The summed E-state index contributed by atoms with van der Waals surface area (Å²) in [6.45, 7) is 21.3. The third-order valence-electron chi connectivity index (χ3n) is 7.94. The predicted molar refractivity (Wildman–Crippen MR) is 135 cm³/mol. The highest BCUT2D eigenvalue weighted by atomic mass is 16.2. The molecule has 3 aliphatic rings. The molecule has 0 aromatic heterocycles. The van der Waals surface area contributed by atoms with Crippen molar-refractivity contribution in [3.05, 3.63) is 0 Å². The second-order valence-electron chi connectivity index (χ2n) is 13.1. The maximum absolute atomic E-state index is 13.1. The van der Waals surface area contributed by atoms with Crippen LogP contribution in [0.2, 0.25) is 0 Å². The van der Waals surface area contributed by atoms with Crippen molar-refractivity contribution in [3.63, 3.8) is 0 Å². The molecule has 0 aromatic carbocycles. The molecule has 0 bridgehead atoms. The second-order valence-corrected chi connectivity index (χ2v) is 13.1. The molecule has 0 aromatic rings. The van der Waals surface area contributed by atoms with Crippen LogP contribution < -0.4 is 5.32 Å². The summed E-state index contributed by atoms with van der Waals surface area (Å²) in [6, 6.07) is 0. The van der Waals surface area contributed by atoms with Crippen LogP contribution in [0.5, 0.6) is 0 Å². The molecule has 3 saturated heterocycles. The van der Waals surface area contributed by atoms with Crippen molar-refractivity contribution in [2.75, 3.05) is 52.4 Å². The first-order valence-electron chi connectivity index (χ1n) is 13.5. The molecule has 1 N–H and O–H groups in total. The number of carbonyl (C=O) groups excluding carboxylic acids is 2. The first kappa shape index (κ1) is 26.5. The molecule has 0 radical (unpaired) electrons. The minimum absolute atomic E-state index is 0.161. The molecule has 6 nitrogen and oxygen atoms in total. The van der Waals surface area contributed by atoms with Gasteiger partial charge in [0.1, 0.15) is 0 Å². The van der Waals surface area contributed by atoms with E-state index in [1.54, 1.807) is 0 Å². The Balaban J connectivity index is 1.32. The van der Waals surface area contributed by atoms with Crippen molar-refractivity contribution in [2.24, 2.45) is 23.2 Å². The second kappa shape index (κ2) is 11.1. The first-order valence-corrected chi connectivity index (χ1v) is 13.5. The van der Waals surface area contributed by atoms with Gasteiger partial charge in [0, 0.05) is 43.6 Å². The van der Waals surface area contributed by atoms with Crippen molar-refractivity contribution in [3.8, 4) is 0 Å². The summed E-state index contributed by atoms with van der Waals surface area (Å²) in [5.41, 5.74) is 0.508. The van der Waals surface area contributed by atoms with Gasteiger partial charge >= 0.3 is 0 Å². The van der Waals surface area contributed by atoms with E-state index in [0.717, 1.165) is 90.9 Å². The SMILES string of the molecule is CC(C)(C)CN1CCC(C(=O)N2CCC(CNC(=O)C3CCN(C(C)(C)C)CC3)CC2)CC1. The smallest absolute Gasteiger partial charge is 0.225 e. The molecule has 3 aliphatic heterocycles. The molecule has 3 heterocycles. The van der Waals surface area contributed by atoms with Gasteiger partial charge in [-0.25, -0.2) is 0 Å². The number of likely N-dealkylation sites (tertiary alicyclic amines) is 3. The quantitative estimate of drug-likeness (QED) is 0.678. The van der Waals surface area contributed by atoms with E-state index in [0.29, 0.717) is 17.2 Å². The zero-order valence-electron chi connectivity index (χ0n) is 22.3. The van der Waals surface area contributed by atoms with Crippen LogP contribution in [0.1, 0.15) is 80.1 Å². The van der Waals surface area contributed by atoms with Gasteiger partial charge in [0.15, 0.2) is 0 Å². The van der Waals surface area contributed by atoms with Crippen molar-refractivity contribution in [1.82, 2.24) is 20.0 Å². The van der Waals surface area contributed by atoms with E-state index in [-0.39, 0.29) is 23.3 Å². The highest BCUT2D eigenvalue weighted by Gasteiger charge is 2.33. The lowest BCUT2D eigenvalue weighted by Crippen LogP contribution is -2.49. The van der Waals surface area contributed by atoms with E-state index in [9.17, 15) is 9.59 Å². The van der Waals surface area contributed by atoms with E-state index in [1.807, 2.05) is 0 Å². The Labute approximate surface area is 202 Å². The number of carbonyl (C=O) groups is 2. The highest BCUT2D eigenvalue weighted by molar-refractivity contribution is 5.79. The lowest BCUT2D eigenvalue weighted by molar-refractivity contribution is -0.138. The first-order chi connectivity index (χ1) is 15.4. The van der Waals surface area contributed by atoms with Crippen LogP contribution in [0.25, 0.3) is 0 Å². The van der Waals surface area contributed by atoms with E-state index in [1.165, 1.54) is 0 Å². The van der Waals surface area contributed by atoms with Crippen LogP contribution in [-0.2, 0) is 9.59 Å². The number of amides is 2. The lowest BCUT2D eigenvalue weighted by atomic mass is 9.90. The van der Waals surface area contributed by atoms with E-state index in [2.05, 4.69) is 61.6 Å². The van der Waals surface area contributed by atoms with Gasteiger partial charge in [-0.3, -0.25) is 14.5 Å². The van der Waals surface area contributed by atoms with Crippen LogP contribution in [0, 0.1) is 23.2 Å². The number of hydrogen-bond acceptors (Lipinski definition) is 4. The molecule has 0 unspecified atom stereocenters. The van der Waals surface area contributed by atoms with Gasteiger partial charge in [-0.05, 0) is 96.8 Å². The van der Waals surface area contributed by atoms with Crippen LogP contribution >= 0.6 is 0 Å². The van der Waals surface area contributed by atoms with Gasteiger partial charge in [-0.2, -0.15) is 0 Å². The molecule has 3 rings (SSSR count). The number of nitrogens with zero attached hydrogens (tertiary/aromatic N) is 3. The summed E-state index contributed by atoms with van der Waals surface area (Å²) < 4.78 is 0. The summed E-state index contributed by atoms with van der Waals surface area (Å²) in [5.74, 6) is 1.48. The predicted octanol–water partition coefficient (Wildman–Crippen LogP) is 3.61. The van der Waals surface area contributed by atoms with Crippen molar-refractivity contribution >= 4 is 11.8 Å². The van der Waals surface area contributed by atoms with E-state index < -0.39 is 0 Å². The van der Waals surface area contributed by atoms with Crippen LogP contribution in [0.3, 0.4) is 0 Å². The van der Waals surface area contributed by atoms with E-state index in [4.69, 9.17) is 0 Å². The van der Waals surface area contributed by atoms with Gasteiger partial charge in [0.05, 0.1) is 0 Å². The fourth-order valence-electron chi connectivity index (χ4n) is 5.83. The molecular formula is C27H50N4O2. The minimum Gasteiger partial charge on any atom is -0.356 e. The molecule has 3 fully saturated rings. The number of hydrogen-bond donors (Lipinski definition) is 1. The zero-order chi connectivity index (χ0) is 24.2. The summed E-state index contributed by atoms with van der Waals surface area (Å²) >= 11 is 0. The Morgan fingerprint density at radius 1 is 0.758 bits per heavy atom. The van der Waals surface area contributed by atoms with Crippen molar-refractivity contribution in [1.29, 1.82) is 0 Å². The molecule has 190 valence electrons. The van der Waals surface area contributed by atoms with Crippen molar-refractivity contribution in [2.45, 2.75) is 85.6 Å². The zero-order valence-corrected chi connectivity index (χ0v) is 22.3. The molecule has 0 saturated carbocycles. The standard InChI is InChI=1S/C27H50N4O2/c1-26(2,3)20-29-13-9-23(10-14-29)25(33)30-15-7-21(8-16-30)19-28-24(32)22-11-17-31(18-12-22)27(4,5)6/h21-23H,7-20H2,1-6H3,(H,28,32). The molecule has 0 spiro atoms. The van der Waals surface area contributed by atoms with Gasteiger partial charge in [-0.15, -0.1) is 0 Å². The summed E-state index contributed by atoms with van der Waals surface area (Å²) in [4.78, 5) is 32.9. The topological polar surface area (TPSA) is 55.9 Å². The van der Waals surface area contributed by atoms with Gasteiger partial charge in [0.25, 0.3) is 0 Å². The fraction of sp³-hybridized carbons (Fsp3) is 0.926. The largest absolute Gasteiger partial charge is 0.356 e. The third-order valence-corrected chi connectivity index (χ3v) is 7.94. The normalized spacial score (nSPS) is 23.6. The Kier molecular flexibility index (Phi) is 8.88. The monoisotopic (exact) mass is 462 g/mol. The maximum atomic E-state index is 13.1. The lowest BCUT2D eigenvalue weighted by Gasteiger charge is -2.40. The minimum atomic E-state index is 0.161. The Hall–Kier alpha value is -1.14. The highest BCUT2D eigenvalue weighted by Crippen LogP contribution is 2.27. The summed E-state index contributed by atoms with van der Waals surface area (Å²) in [6.07, 6.45) is 5.95. The average molecular weight is 463 g/mol. The molecule has 33 heavy (non-hydrogen) atoms. The van der Waals surface area contributed by atoms with Gasteiger partial charge in [-0.1, -0.05) is 20.8 Å². The summed E-state index contributed by atoms with van der Waals surface area (Å²) in [5, 5.41) is 3.24. The fourth-order valence-corrected chi connectivity index (χ4v) is 5.83. The molecule has 0 aliphatic carbocycles.